The number of pyridine rings is 1. The number of aliphatic hydroxyl groups excluding tert-OH is 1. The monoisotopic (exact) mass is 619 g/mol. The lowest BCUT2D eigenvalue weighted by Crippen LogP contribution is -2.50. The first-order valence-corrected chi connectivity index (χ1v) is 16.1. The van der Waals surface area contributed by atoms with Crippen molar-refractivity contribution in [1.82, 2.24) is 20.1 Å². The molecule has 0 amide bonds. The molecule has 1 saturated heterocycles. The second-order valence-electron chi connectivity index (χ2n) is 11.2. The van der Waals surface area contributed by atoms with Crippen molar-refractivity contribution in [3.8, 4) is 0 Å². The molecule has 0 radical (unpaired) electrons. The third kappa shape index (κ3) is 13.8. The van der Waals surface area contributed by atoms with Crippen molar-refractivity contribution in [2.75, 3.05) is 26.2 Å². The molecule has 250 valence electrons. The SMILES string of the molecule is C=C(NC(C)C)C(=Nc1cc(C(O)C(C)(C)O)ncc1C)N1CCN(Cc2ccc(F)cc2F)CC1.CC.CC.CCCC. The number of rotatable bonds is 9. The van der Waals surface area contributed by atoms with E-state index < -0.39 is 23.3 Å². The number of halogens is 2. The molecule has 1 aromatic heterocycles. The highest BCUT2D eigenvalue weighted by molar-refractivity contribution is 5.99. The molecule has 3 rings (SSSR count). The number of hydrogen-bond acceptors (Lipinski definition) is 6. The predicted molar refractivity (Wildman–Crippen MR) is 181 cm³/mol. The van der Waals surface area contributed by atoms with Gasteiger partial charge in [0.2, 0.25) is 0 Å². The predicted octanol–water partition coefficient (Wildman–Crippen LogP) is 7.69. The van der Waals surface area contributed by atoms with Crippen LogP contribution >= 0.6 is 0 Å². The van der Waals surface area contributed by atoms with E-state index in [4.69, 9.17) is 4.99 Å². The van der Waals surface area contributed by atoms with Crippen molar-refractivity contribution in [2.45, 2.75) is 113 Å². The topological polar surface area (TPSA) is 84.2 Å². The van der Waals surface area contributed by atoms with Crippen LogP contribution in [0.25, 0.3) is 0 Å². The summed E-state index contributed by atoms with van der Waals surface area (Å²) in [5.41, 5.74) is 1.57. The molecule has 0 aliphatic carbocycles. The molecule has 1 atom stereocenters. The Hall–Kier alpha value is -2.88. The molecule has 7 nitrogen and oxygen atoms in total. The van der Waals surface area contributed by atoms with E-state index in [9.17, 15) is 19.0 Å². The van der Waals surface area contributed by atoms with Gasteiger partial charge in [0.1, 0.15) is 17.7 Å². The van der Waals surface area contributed by atoms with Gasteiger partial charge in [-0.05, 0) is 52.3 Å². The van der Waals surface area contributed by atoms with Gasteiger partial charge in [0.15, 0.2) is 5.84 Å². The minimum atomic E-state index is -1.35. The van der Waals surface area contributed by atoms with Crippen molar-refractivity contribution in [1.29, 1.82) is 0 Å². The number of aliphatic imine (C=N–C) groups is 1. The minimum absolute atomic E-state index is 0.150. The van der Waals surface area contributed by atoms with Gasteiger partial charge in [-0.2, -0.15) is 0 Å². The number of nitrogens with zero attached hydrogens (tertiary/aromatic N) is 4. The summed E-state index contributed by atoms with van der Waals surface area (Å²) in [4.78, 5) is 13.5. The Morgan fingerprint density at radius 3 is 2.09 bits per heavy atom. The van der Waals surface area contributed by atoms with Crippen LogP contribution in [0.4, 0.5) is 14.5 Å². The minimum Gasteiger partial charge on any atom is -0.387 e. The number of aromatic nitrogens is 1. The Morgan fingerprint density at radius 1 is 1.05 bits per heavy atom. The maximum Gasteiger partial charge on any atom is 0.152 e. The highest BCUT2D eigenvalue weighted by atomic mass is 19.1. The summed E-state index contributed by atoms with van der Waals surface area (Å²) >= 11 is 0. The van der Waals surface area contributed by atoms with Gasteiger partial charge in [-0.15, -0.1) is 0 Å². The Morgan fingerprint density at radius 2 is 1.61 bits per heavy atom. The van der Waals surface area contributed by atoms with Crippen LogP contribution in [0.15, 0.2) is 47.7 Å². The second-order valence-corrected chi connectivity index (χ2v) is 11.2. The van der Waals surface area contributed by atoms with Crippen molar-refractivity contribution in [2.24, 2.45) is 4.99 Å². The van der Waals surface area contributed by atoms with E-state index in [-0.39, 0.29) is 6.04 Å². The highest BCUT2D eigenvalue weighted by Gasteiger charge is 2.28. The van der Waals surface area contributed by atoms with Crippen LogP contribution in [-0.2, 0) is 6.54 Å². The largest absolute Gasteiger partial charge is 0.387 e. The molecule has 1 aliphatic rings. The molecule has 2 aromatic rings. The zero-order chi connectivity index (χ0) is 34.0. The number of amidine groups is 1. The van der Waals surface area contributed by atoms with Gasteiger partial charge in [0.05, 0.1) is 22.7 Å². The fraction of sp³-hybridized carbons (Fsp3) is 0.600. The van der Waals surface area contributed by atoms with Gasteiger partial charge in [-0.3, -0.25) is 9.88 Å². The van der Waals surface area contributed by atoms with Gasteiger partial charge >= 0.3 is 0 Å². The Balaban J connectivity index is 0.00000210. The number of unbranched alkanes of at least 4 members (excludes halogenated alkanes) is 1. The van der Waals surface area contributed by atoms with E-state index in [0.29, 0.717) is 61.2 Å². The van der Waals surface area contributed by atoms with Gasteiger partial charge in [0, 0.05) is 56.6 Å². The summed E-state index contributed by atoms with van der Waals surface area (Å²) in [6, 6.07) is 5.52. The van der Waals surface area contributed by atoms with Crippen LogP contribution in [0.1, 0.15) is 105 Å². The fourth-order valence-electron chi connectivity index (χ4n) is 4.03. The highest BCUT2D eigenvalue weighted by Crippen LogP contribution is 2.29. The van der Waals surface area contributed by atoms with Gasteiger partial charge in [-0.1, -0.05) is 67.0 Å². The van der Waals surface area contributed by atoms with E-state index in [1.54, 1.807) is 12.3 Å². The molecular weight excluding hydrogens is 560 g/mol. The van der Waals surface area contributed by atoms with Crippen molar-refractivity contribution in [3.63, 3.8) is 0 Å². The van der Waals surface area contributed by atoms with Gasteiger partial charge in [-0.25, -0.2) is 13.8 Å². The van der Waals surface area contributed by atoms with Crippen molar-refractivity contribution < 1.29 is 19.0 Å². The van der Waals surface area contributed by atoms with E-state index in [0.717, 1.165) is 11.6 Å². The Labute approximate surface area is 266 Å². The lowest BCUT2D eigenvalue weighted by atomic mass is 9.98. The van der Waals surface area contributed by atoms with Crippen LogP contribution < -0.4 is 5.32 Å². The molecule has 0 saturated carbocycles. The molecule has 1 aromatic carbocycles. The summed E-state index contributed by atoms with van der Waals surface area (Å²) in [5, 5.41) is 24.1. The summed E-state index contributed by atoms with van der Waals surface area (Å²) in [6.07, 6.45) is 3.11. The third-order valence-corrected chi connectivity index (χ3v) is 6.59. The first-order chi connectivity index (χ1) is 20.8. The molecule has 1 aliphatic heterocycles. The fourth-order valence-corrected chi connectivity index (χ4v) is 4.03. The number of hydrogen-bond donors (Lipinski definition) is 3. The van der Waals surface area contributed by atoms with Gasteiger partial charge < -0.3 is 20.4 Å². The average Bonchev–Trinajstić information content (AvgIpc) is 2.99. The van der Waals surface area contributed by atoms with Crippen LogP contribution in [0, 0.1) is 18.6 Å². The Bertz CT molecular complexity index is 1140. The summed E-state index contributed by atoms with van der Waals surface area (Å²) < 4.78 is 27.4. The normalized spacial score (nSPS) is 14.4. The van der Waals surface area contributed by atoms with Crippen LogP contribution in [0.3, 0.4) is 0 Å². The number of aliphatic hydroxyl groups is 2. The molecule has 0 bridgehead atoms. The number of benzene rings is 1. The lowest BCUT2D eigenvalue weighted by molar-refractivity contribution is -0.0517. The quantitative estimate of drug-likeness (QED) is 0.197. The number of piperazine rings is 1. The average molecular weight is 620 g/mol. The maximum absolute atomic E-state index is 14.1. The van der Waals surface area contributed by atoms with Crippen molar-refractivity contribution in [3.05, 3.63) is 71.2 Å². The number of nitrogens with one attached hydrogen (secondary N) is 1. The zero-order valence-electron chi connectivity index (χ0n) is 29.1. The smallest absolute Gasteiger partial charge is 0.152 e. The first kappa shape index (κ1) is 41.1. The van der Waals surface area contributed by atoms with E-state index >= 15 is 0 Å². The molecule has 1 fully saturated rings. The molecule has 44 heavy (non-hydrogen) atoms. The summed E-state index contributed by atoms with van der Waals surface area (Å²) in [5.74, 6) is -0.441. The summed E-state index contributed by atoms with van der Waals surface area (Å²) in [7, 11) is 0. The van der Waals surface area contributed by atoms with Crippen LogP contribution in [0.5, 0.6) is 0 Å². The van der Waals surface area contributed by atoms with E-state index in [1.807, 2.05) is 48.5 Å². The maximum atomic E-state index is 14.1. The molecule has 2 heterocycles. The van der Waals surface area contributed by atoms with Crippen LogP contribution in [0.2, 0.25) is 0 Å². The van der Waals surface area contributed by atoms with Crippen LogP contribution in [-0.4, -0.2) is 68.7 Å². The third-order valence-electron chi connectivity index (χ3n) is 6.59. The van der Waals surface area contributed by atoms with E-state index in [1.165, 1.54) is 38.8 Å². The van der Waals surface area contributed by atoms with Gasteiger partial charge in [0.25, 0.3) is 0 Å². The molecule has 0 spiro atoms. The lowest BCUT2D eigenvalue weighted by Gasteiger charge is -2.37. The molecule has 3 N–H and O–H groups in total. The standard InChI is InChI=1S/C27H37F2N5O2.C4H10.2C2H6/c1-17(2)31-19(4)26(32-23-14-24(30-15-18(23)3)25(35)27(5,6)36)34-11-9-33(10-12-34)16-20-7-8-21(28)13-22(20)29;1-3-4-2;2*1-2/h7-8,13-15,17,25,31,35-36H,4,9-12,16H2,1-3,5-6H3;3-4H2,1-2H3;2*1-2H3. The number of aryl methyl sites for hydroxylation is 1. The van der Waals surface area contributed by atoms with Crippen molar-refractivity contribution >= 4 is 11.5 Å². The molecular formula is C35H59F2N5O2. The molecule has 1 unspecified atom stereocenters. The molecule has 9 heteroatoms. The summed E-state index contributed by atoms with van der Waals surface area (Å²) in [6.45, 7) is 28.6. The Kier molecular flexibility index (Phi) is 19.6. The van der Waals surface area contributed by atoms with E-state index in [2.05, 4.69) is 40.5 Å². The zero-order valence-corrected chi connectivity index (χ0v) is 29.1. The second kappa shape index (κ2) is 21.0. The first-order valence-electron chi connectivity index (χ1n) is 16.1.